The molecule has 0 aliphatic carbocycles. The van der Waals surface area contributed by atoms with Crippen molar-refractivity contribution in [2.75, 3.05) is 0 Å². The number of fused-ring (bicyclic) bond motifs is 3. The van der Waals surface area contributed by atoms with Crippen LogP contribution in [-0.2, 0) is 0 Å². The largest absolute Gasteiger partial charge is 0.366 e. The number of hydrogen-bond acceptors (Lipinski definition) is 5. The summed E-state index contributed by atoms with van der Waals surface area (Å²) in [5.74, 6) is 0. The molecule has 7 nitrogen and oxygen atoms in total. The predicted molar refractivity (Wildman–Crippen MR) is 63.5 cm³/mol. The highest BCUT2D eigenvalue weighted by molar-refractivity contribution is 6.04. The summed E-state index contributed by atoms with van der Waals surface area (Å²) < 4.78 is 4.67. The van der Waals surface area contributed by atoms with Crippen molar-refractivity contribution < 1.29 is 9.45 Å². The van der Waals surface area contributed by atoms with Crippen molar-refractivity contribution in [1.29, 1.82) is 0 Å². The molecule has 0 saturated carbocycles. The van der Waals surface area contributed by atoms with Gasteiger partial charge in [-0.1, -0.05) is 0 Å². The molecule has 1 aromatic carbocycles. The number of nitrogens with zero attached hydrogens (tertiary/aromatic N) is 2. The molecule has 0 bridgehead atoms. The number of rotatable bonds is 1. The smallest absolute Gasteiger partial charge is 0.338 e. The summed E-state index contributed by atoms with van der Waals surface area (Å²) >= 11 is 0. The topological polar surface area (TPSA) is 102 Å². The average Bonchev–Trinajstić information content (AvgIpc) is 2.71. The summed E-state index contributed by atoms with van der Waals surface area (Å²) in [7, 11) is 0. The number of hydrogen-bond donors (Lipinski definition) is 1. The molecule has 0 fully saturated rings. The number of H-pyrrole nitrogens is 1. The maximum atomic E-state index is 11.4. The van der Waals surface area contributed by atoms with E-state index in [1.54, 1.807) is 6.92 Å². The van der Waals surface area contributed by atoms with Crippen LogP contribution in [0.1, 0.15) is 5.56 Å². The van der Waals surface area contributed by atoms with Crippen molar-refractivity contribution in [1.82, 2.24) is 10.1 Å². The molecule has 0 radical (unpaired) electrons. The van der Waals surface area contributed by atoms with E-state index in [2.05, 4.69) is 14.7 Å². The third kappa shape index (κ3) is 1.30. The Bertz CT molecular complexity index is 846. The number of nitro groups is 1. The van der Waals surface area contributed by atoms with Crippen LogP contribution in [0.3, 0.4) is 0 Å². The van der Waals surface area contributed by atoms with Gasteiger partial charge >= 0.3 is 5.63 Å². The van der Waals surface area contributed by atoms with Gasteiger partial charge < -0.3 is 4.52 Å². The van der Waals surface area contributed by atoms with Crippen LogP contribution < -0.4 is 5.63 Å². The van der Waals surface area contributed by atoms with Crippen LogP contribution in [0.25, 0.3) is 21.8 Å². The zero-order valence-electron chi connectivity index (χ0n) is 9.26. The third-order valence-corrected chi connectivity index (χ3v) is 2.82. The van der Waals surface area contributed by atoms with Crippen molar-refractivity contribution in [3.8, 4) is 0 Å². The van der Waals surface area contributed by atoms with Gasteiger partial charge in [0, 0.05) is 23.7 Å². The first-order valence-corrected chi connectivity index (χ1v) is 5.13. The molecule has 3 aromatic rings. The lowest BCUT2D eigenvalue weighted by Gasteiger charge is -2.01. The molecule has 0 atom stereocenters. The molecule has 3 rings (SSSR count). The molecule has 0 aliphatic heterocycles. The van der Waals surface area contributed by atoms with Crippen LogP contribution in [0, 0.1) is 17.0 Å². The summed E-state index contributed by atoms with van der Waals surface area (Å²) in [6.45, 7) is 1.73. The molecule has 0 saturated heterocycles. The number of nitrogens with one attached hydrogen (secondary N) is 1. The fourth-order valence-corrected chi connectivity index (χ4v) is 1.98. The highest BCUT2D eigenvalue weighted by atomic mass is 16.6. The number of nitro benzene ring substituents is 1. The van der Waals surface area contributed by atoms with E-state index in [9.17, 15) is 14.9 Å². The summed E-state index contributed by atoms with van der Waals surface area (Å²) in [4.78, 5) is 25.8. The summed E-state index contributed by atoms with van der Waals surface area (Å²) in [6, 6.07) is 2.82. The monoisotopic (exact) mass is 245 g/mol. The average molecular weight is 245 g/mol. The number of pyridine rings is 1. The minimum absolute atomic E-state index is 0.0450. The zero-order chi connectivity index (χ0) is 12.9. The van der Waals surface area contributed by atoms with Crippen LogP contribution in [0.5, 0.6) is 0 Å². The fraction of sp³-hybridized carbons (Fsp3) is 0.0909. The Hall–Kier alpha value is -2.70. The van der Waals surface area contributed by atoms with Gasteiger partial charge in [-0.3, -0.25) is 15.1 Å². The quantitative estimate of drug-likeness (QED) is 0.521. The molecule has 2 aromatic heterocycles. The van der Waals surface area contributed by atoms with Gasteiger partial charge in [-0.15, -0.1) is 0 Å². The number of non-ortho nitro benzene ring substituents is 1. The van der Waals surface area contributed by atoms with E-state index < -0.39 is 10.5 Å². The summed E-state index contributed by atoms with van der Waals surface area (Å²) in [5.41, 5.74) is 1.12. The van der Waals surface area contributed by atoms with E-state index in [1.165, 1.54) is 18.3 Å². The molecule has 2 heterocycles. The van der Waals surface area contributed by atoms with Gasteiger partial charge in [-0.25, -0.2) is 9.95 Å². The Morgan fingerprint density at radius 1 is 1.39 bits per heavy atom. The predicted octanol–water partition coefficient (Wildman–Crippen LogP) is 1.89. The van der Waals surface area contributed by atoms with Gasteiger partial charge in [0.15, 0.2) is 0 Å². The number of aromatic amines is 1. The van der Waals surface area contributed by atoms with Crippen LogP contribution in [-0.4, -0.2) is 15.1 Å². The third-order valence-electron chi connectivity index (χ3n) is 2.82. The van der Waals surface area contributed by atoms with E-state index >= 15 is 0 Å². The highest BCUT2D eigenvalue weighted by Crippen LogP contribution is 2.27. The van der Waals surface area contributed by atoms with Gasteiger partial charge in [-0.05, 0) is 12.5 Å². The van der Waals surface area contributed by atoms with Crippen molar-refractivity contribution in [3.05, 3.63) is 44.4 Å². The lowest BCUT2D eigenvalue weighted by molar-refractivity contribution is -0.384. The maximum absolute atomic E-state index is 11.4. The minimum atomic E-state index is -0.538. The first kappa shape index (κ1) is 10.5. The second kappa shape index (κ2) is 3.39. The van der Waals surface area contributed by atoms with Gasteiger partial charge in [0.25, 0.3) is 5.69 Å². The zero-order valence-corrected chi connectivity index (χ0v) is 9.26. The van der Waals surface area contributed by atoms with E-state index in [4.69, 9.17) is 0 Å². The lowest BCUT2D eigenvalue weighted by Crippen LogP contribution is -1.94. The molecule has 18 heavy (non-hydrogen) atoms. The molecular weight excluding hydrogens is 238 g/mol. The van der Waals surface area contributed by atoms with Gasteiger partial charge in [0.05, 0.1) is 16.0 Å². The van der Waals surface area contributed by atoms with Crippen molar-refractivity contribution >= 4 is 27.5 Å². The first-order valence-electron chi connectivity index (χ1n) is 5.13. The van der Waals surface area contributed by atoms with Crippen LogP contribution in [0.15, 0.2) is 27.6 Å². The number of aryl methyl sites for hydroxylation is 1. The van der Waals surface area contributed by atoms with Crippen molar-refractivity contribution in [2.24, 2.45) is 0 Å². The molecule has 0 amide bonds. The lowest BCUT2D eigenvalue weighted by atomic mass is 10.1. The van der Waals surface area contributed by atoms with Crippen LogP contribution in [0.2, 0.25) is 0 Å². The molecule has 0 unspecified atom stereocenters. The SMILES string of the molecule is Cc1cc([N+](=O)[O-])cc2c1ncc1c(=O)o[nH]c12. The minimum Gasteiger partial charge on any atom is -0.338 e. The number of aromatic nitrogens is 2. The molecule has 0 aliphatic rings. The first-order chi connectivity index (χ1) is 8.58. The Labute approximate surface area is 99.2 Å². The Balaban J connectivity index is 2.55. The Kier molecular flexibility index (Phi) is 1.97. The van der Waals surface area contributed by atoms with Crippen molar-refractivity contribution in [3.63, 3.8) is 0 Å². The second-order valence-corrected chi connectivity index (χ2v) is 3.95. The summed E-state index contributed by atoms with van der Waals surface area (Å²) in [5, 5.41) is 14.1. The van der Waals surface area contributed by atoms with Crippen LogP contribution in [0.4, 0.5) is 5.69 Å². The fourth-order valence-electron chi connectivity index (χ4n) is 1.98. The Morgan fingerprint density at radius 3 is 2.89 bits per heavy atom. The Morgan fingerprint density at radius 2 is 2.17 bits per heavy atom. The van der Waals surface area contributed by atoms with Crippen molar-refractivity contribution in [2.45, 2.75) is 6.92 Å². The van der Waals surface area contributed by atoms with E-state index in [1.807, 2.05) is 0 Å². The molecule has 7 heteroatoms. The normalized spacial score (nSPS) is 11.2. The highest BCUT2D eigenvalue weighted by Gasteiger charge is 2.15. The van der Waals surface area contributed by atoms with E-state index in [0.717, 1.165) is 0 Å². The molecule has 1 N–H and O–H groups in total. The second-order valence-electron chi connectivity index (χ2n) is 3.95. The van der Waals surface area contributed by atoms with Gasteiger partial charge in [-0.2, -0.15) is 0 Å². The molecule has 0 spiro atoms. The van der Waals surface area contributed by atoms with Gasteiger partial charge in [0.1, 0.15) is 5.39 Å². The van der Waals surface area contributed by atoms with E-state index in [-0.39, 0.29) is 11.1 Å². The number of benzene rings is 1. The van der Waals surface area contributed by atoms with E-state index in [0.29, 0.717) is 22.0 Å². The van der Waals surface area contributed by atoms with Gasteiger partial charge in [0.2, 0.25) is 0 Å². The van der Waals surface area contributed by atoms with Crippen LogP contribution >= 0.6 is 0 Å². The molecule has 90 valence electrons. The summed E-state index contributed by atoms with van der Waals surface area (Å²) in [6.07, 6.45) is 1.40. The maximum Gasteiger partial charge on any atom is 0.366 e. The standard InChI is InChI=1S/C11H7N3O4/c1-5-2-6(14(16)17)3-7-9(5)12-4-8-10(7)13-18-11(8)15/h2-4,13H,1H3. The molecular formula is C11H7N3O4.